The molecule has 1 heterocycles. The van der Waals surface area contributed by atoms with Crippen LogP contribution in [0.4, 0.5) is 0 Å². The van der Waals surface area contributed by atoms with E-state index in [9.17, 15) is 0 Å². The zero-order valence-electron chi connectivity index (χ0n) is 10.6. The van der Waals surface area contributed by atoms with Crippen LogP contribution in [0.25, 0.3) is 0 Å². The molecule has 0 amide bonds. The van der Waals surface area contributed by atoms with Crippen molar-refractivity contribution in [3.63, 3.8) is 0 Å². The largest absolute Gasteiger partial charge is 0.311 e. The van der Waals surface area contributed by atoms with Crippen molar-refractivity contribution >= 4 is 11.3 Å². The summed E-state index contributed by atoms with van der Waals surface area (Å²) in [5.74, 6) is 0.718. The molecule has 0 aliphatic carbocycles. The van der Waals surface area contributed by atoms with Gasteiger partial charge in [0.25, 0.3) is 0 Å². The molecule has 1 N–H and O–H groups in total. The minimum Gasteiger partial charge on any atom is -0.311 e. The van der Waals surface area contributed by atoms with Gasteiger partial charge in [0.2, 0.25) is 0 Å². The molecule has 0 aromatic carbocycles. The maximum absolute atomic E-state index is 3.55. The minimum absolute atomic E-state index is 0.381. The fourth-order valence-corrected chi connectivity index (χ4v) is 2.15. The summed E-state index contributed by atoms with van der Waals surface area (Å²) in [4.78, 5) is 2.84. The fraction of sp³-hybridized carbons (Fsp3) is 0.692. The highest BCUT2D eigenvalue weighted by molar-refractivity contribution is 7.11. The van der Waals surface area contributed by atoms with Crippen LogP contribution in [0.1, 0.15) is 37.4 Å². The summed E-state index contributed by atoms with van der Waals surface area (Å²) in [5.41, 5.74) is 0.381. The first kappa shape index (κ1) is 12.7. The molecule has 0 atom stereocenters. The molecule has 0 saturated heterocycles. The van der Waals surface area contributed by atoms with E-state index in [2.05, 4.69) is 52.1 Å². The first-order valence-electron chi connectivity index (χ1n) is 5.68. The van der Waals surface area contributed by atoms with E-state index in [1.807, 2.05) is 11.3 Å². The van der Waals surface area contributed by atoms with Crippen molar-refractivity contribution in [2.45, 2.75) is 41.2 Å². The standard InChI is InChI=1S/C13H23NS/c1-10(2)13(4,5)9-14-8-12-7-6-11(3)15-12/h6-7,10,14H,8-9H2,1-5H3. The third-order valence-electron chi connectivity index (χ3n) is 3.24. The normalized spacial score (nSPS) is 12.4. The lowest BCUT2D eigenvalue weighted by Crippen LogP contribution is -2.32. The van der Waals surface area contributed by atoms with Crippen LogP contribution in [0.3, 0.4) is 0 Å². The SMILES string of the molecule is Cc1ccc(CNCC(C)(C)C(C)C)s1. The van der Waals surface area contributed by atoms with Crippen LogP contribution in [0, 0.1) is 18.3 Å². The number of hydrogen-bond acceptors (Lipinski definition) is 2. The molecule has 0 saturated carbocycles. The van der Waals surface area contributed by atoms with E-state index in [0.717, 1.165) is 19.0 Å². The van der Waals surface area contributed by atoms with E-state index < -0.39 is 0 Å². The van der Waals surface area contributed by atoms with Crippen LogP contribution >= 0.6 is 11.3 Å². The Kier molecular flexibility index (Phi) is 4.35. The molecule has 1 rings (SSSR count). The smallest absolute Gasteiger partial charge is 0.0300 e. The third kappa shape index (κ3) is 3.96. The van der Waals surface area contributed by atoms with Crippen LogP contribution in [-0.2, 0) is 6.54 Å². The molecule has 1 nitrogen and oxygen atoms in total. The highest BCUT2D eigenvalue weighted by atomic mass is 32.1. The van der Waals surface area contributed by atoms with E-state index in [0.29, 0.717) is 5.41 Å². The minimum atomic E-state index is 0.381. The molecule has 0 unspecified atom stereocenters. The zero-order chi connectivity index (χ0) is 11.5. The number of rotatable bonds is 5. The molecule has 1 aromatic rings. The Balaban J connectivity index is 2.33. The van der Waals surface area contributed by atoms with Gasteiger partial charge in [0, 0.05) is 22.8 Å². The van der Waals surface area contributed by atoms with Gasteiger partial charge in [0.1, 0.15) is 0 Å². The predicted molar refractivity (Wildman–Crippen MR) is 69.4 cm³/mol. The maximum Gasteiger partial charge on any atom is 0.0300 e. The first-order valence-corrected chi connectivity index (χ1v) is 6.49. The number of thiophene rings is 1. The average molecular weight is 225 g/mol. The van der Waals surface area contributed by atoms with E-state index in [4.69, 9.17) is 0 Å². The third-order valence-corrected chi connectivity index (χ3v) is 4.24. The number of nitrogens with one attached hydrogen (secondary N) is 1. The first-order chi connectivity index (χ1) is 6.92. The van der Waals surface area contributed by atoms with Crippen LogP contribution in [0.15, 0.2) is 12.1 Å². The highest BCUT2D eigenvalue weighted by Crippen LogP contribution is 2.25. The van der Waals surface area contributed by atoms with Crippen LogP contribution in [0.2, 0.25) is 0 Å². The van der Waals surface area contributed by atoms with E-state index in [1.165, 1.54) is 9.75 Å². The highest BCUT2D eigenvalue weighted by Gasteiger charge is 2.21. The summed E-state index contributed by atoms with van der Waals surface area (Å²) in [7, 11) is 0. The monoisotopic (exact) mass is 225 g/mol. The summed E-state index contributed by atoms with van der Waals surface area (Å²) < 4.78 is 0. The van der Waals surface area contributed by atoms with Crippen molar-refractivity contribution in [1.82, 2.24) is 5.32 Å². The number of aryl methyl sites for hydroxylation is 1. The molecular weight excluding hydrogens is 202 g/mol. The second-order valence-corrected chi connectivity index (χ2v) is 6.63. The van der Waals surface area contributed by atoms with Gasteiger partial charge in [-0.15, -0.1) is 11.3 Å². The van der Waals surface area contributed by atoms with Crippen molar-refractivity contribution in [3.05, 3.63) is 21.9 Å². The molecule has 0 bridgehead atoms. The predicted octanol–water partition coefficient (Wildman–Crippen LogP) is 3.83. The van der Waals surface area contributed by atoms with Crippen LogP contribution in [0.5, 0.6) is 0 Å². The van der Waals surface area contributed by atoms with Crippen LogP contribution in [-0.4, -0.2) is 6.54 Å². The molecule has 0 spiro atoms. The van der Waals surface area contributed by atoms with E-state index in [-0.39, 0.29) is 0 Å². The Labute approximate surface area is 97.9 Å². The molecule has 0 fully saturated rings. The lowest BCUT2D eigenvalue weighted by molar-refractivity contribution is 0.238. The molecule has 2 heteroatoms. The van der Waals surface area contributed by atoms with Crippen molar-refractivity contribution in [1.29, 1.82) is 0 Å². The van der Waals surface area contributed by atoms with Gasteiger partial charge in [0.15, 0.2) is 0 Å². The van der Waals surface area contributed by atoms with Gasteiger partial charge in [0.05, 0.1) is 0 Å². The topological polar surface area (TPSA) is 12.0 Å². The van der Waals surface area contributed by atoms with Crippen molar-refractivity contribution in [2.75, 3.05) is 6.54 Å². The van der Waals surface area contributed by atoms with Gasteiger partial charge in [-0.25, -0.2) is 0 Å². The second-order valence-electron chi connectivity index (χ2n) is 5.26. The second kappa shape index (κ2) is 5.13. The summed E-state index contributed by atoms with van der Waals surface area (Å²) in [6.45, 7) is 13.5. The summed E-state index contributed by atoms with van der Waals surface area (Å²) >= 11 is 1.88. The lowest BCUT2D eigenvalue weighted by Gasteiger charge is -2.29. The Bertz CT molecular complexity index is 299. The van der Waals surface area contributed by atoms with Gasteiger partial charge >= 0.3 is 0 Å². The summed E-state index contributed by atoms with van der Waals surface area (Å²) in [6.07, 6.45) is 0. The summed E-state index contributed by atoms with van der Waals surface area (Å²) in [6, 6.07) is 4.41. The Morgan fingerprint density at radius 3 is 2.47 bits per heavy atom. The molecule has 86 valence electrons. The summed E-state index contributed by atoms with van der Waals surface area (Å²) in [5, 5.41) is 3.55. The van der Waals surface area contributed by atoms with Gasteiger partial charge in [-0.3, -0.25) is 0 Å². The number of hydrogen-bond donors (Lipinski definition) is 1. The Morgan fingerprint density at radius 1 is 1.33 bits per heavy atom. The zero-order valence-corrected chi connectivity index (χ0v) is 11.4. The van der Waals surface area contributed by atoms with Crippen molar-refractivity contribution < 1.29 is 0 Å². The Hall–Kier alpha value is -0.340. The molecule has 15 heavy (non-hydrogen) atoms. The van der Waals surface area contributed by atoms with E-state index >= 15 is 0 Å². The quantitative estimate of drug-likeness (QED) is 0.803. The maximum atomic E-state index is 3.55. The lowest BCUT2D eigenvalue weighted by atomic mass is 9.81. The van der Waals surface area contributed by atoms with Crippen molar-refractivity contribution in [3.8, 4) is 0 Å². The molecule has 0 aliphatic rings. The van der Waals surface area contributed by atoms with Crippen molar-refractivity contribution in [2.24, 2.45) is 11.3 Å². The molecular formula is C13H23NS. The van der Waals surface area contributed by atoms with Gasteiger partial charge in [-0.2, -0.15) is 0 Å². The van der Waals surface area contributed by atoms with Gasteiger partial charge < -0.3 is 5.32 Å². The van der Waals surface area contributed by atoms with E-state index in [1.54, 1.807) is 0 Å². The fourth-order valence-electron chi connectivity index (χ4n) is 1.29. The average Bonchev–Trinajstić information content (AvgIpc) is 2.51. The molecule has 0 radical (unpaired) electrons. The van der Waals surface area contributed by atoms with Crippen LogP contribution < -0.4 is 5.32 Å². The van der Waals surface area contributed by atoms with Gasteiger partial charge in [-0.05, 0) is 30.4 Å². The molecule has 0 aliphatic heterocycles. The van der Waals surface area contributed by atoms with Gasteiger partial charge in [-0.1, -0.05) is 27.7 Å². The Morgan fingerprint density at radius 2 is 2.00 bits per heavy atom. The molecule has 1 aromatic heterocycles.